The highest BCUT2D eigenvalue weighted by molar-refractivity contribution is 9.09. The van der Waals surface area contributed by atoms with Gasteiger partial charge in [-0.2, -0.15) is 0 Å². The minimum Gasteiger partial charge on any atom is -0.494 e. The lowest BCUT2D eigenvalue weighted by Gasteiger charge is -2.18. The van der Waals surface area contributed by atoms with Crippen LogP contribution in [0.1, 0.15) is 32.3 Å². The molecule has 0 aliphatic carbocycles. The maximum absolute atomic E-state index is 5.42. The van der Waals surface area contributed by atoms with Gasteiger partial charge in [0.25, 0.3) is 0 Å². The van der Waals surface area contributed by atoms with Crippen LogP contribution in [0.3, 0.4) is 0 Å². The molecule has 1 rings (SSSR count). The second kappa shape index (κ2) is 6.16. The summed E-state index contributed by atoms with van der Waals surface area (Å²) < 4.78 is 5.42. The molecule has 2 heteroatoms. The summed E-state index contributed by atoms with van der Waals surface area (Å²) in [6.45, 7) is 7.26. The first-order valence-electron chi connectivity index (χ1n) is 5.47. The highest BCUT2D eigenvalue weighted by Crippen LogP contribution is 2.26. The van der Waals surface area contributed by atoms with Crippen LogP contribution in [-0.4, -0.2) is 11.9 Å². The molecule has 0 saturated carbocycles. The zero-order chi connectivity index (χ0) is 11.3. The van der Waals surface area contributed by atoms with Crippen molar-refractivity contribution in [1.29, 1.82) is 0 Å². The van der Waals surface area contributed by atoms with Crippen molar-refractivity contribution in [3.05, 3.63) is 29.8 Å². The van der Waals surface area contributed by atoms with Gasteiger partial charge in [0.15, 0.2) is 0 Å². The molecule has 0 spiro atoms. The summed E-state index contributed by atoms with van der Waals surface area (Å²) in [5.41, 5.74) is 1.38. The van der Waals surface area contributed by atoms with E-state index in [9.17, 15) is 0 Å². The van der Waals surface area contributed by atoms with E-state index in [1.54, 1.807) is 0 Å². The van der Waals surface area contributed by atoms with E-state index in [2.05, 4.69) is 54.0 Å². The van der Waals surface area contributed by atoms with Gasteiger partial charge in [-0.3, -0.25) is 0 Å². The van der Waals surface area contributed by atoms with Crippen molar-refractivity contribution >= 4 is 15.9 Å². The fourth-order valence-corrected chi connectivity index (χ4v) is 2.06. The Morgan fingerprint density at radius 2 is 1.80 bits per heavy atom. The van der Waals surface area contributed by atoms with Gasteiger partial charge in [0, 0.05) is 5.33 Å². The molecule has 1 aromatic carbocycles. The van der Waals surface area contributed by atoms with Crippen LogP contribution in [0.5, 0.6) is 5.75 Å². The molecular weight excluding hydrogens is 252 g/mol. The summed E-state index contributed by atoms with van der Waals surface area (Å²) in [6, 6.07) is 8.43. The van der Waals surface area contributed by atoms with Gasteiger partial charge < -0.3 is 4.74 Å². The highest BCUT2D eigenvalue weighted by atomic mass is 79.9. The van der Waals surface area contributed by atoms with E-state index in [0.717, 1.165) is 17.7 Å². The molecule has 0 N–H and O–H groups in total. The van der Waals surface area contributed by atoms with Gasteiger partial charge in [0.2, 0.25) is 0 Å². The molecule has 0 bridgehead atoms. The lowest BCUT2D eigenvalue weighted by atomic mass is 9.90. The summed E-state index contributed by atoms with van der Waals surface area (Å²) in [6.07, 6.45) is 0. The molecule has 0 aliphatic rings. The van der Waals surface area contributed by atoms with Crippen molar-refractivity contribution in [3.8, 4) is 5.75 Å². The fourth-order valence-electron chi connectivity index (χ4n) is 1.50. The first-order valence-corrected chi connectivity index (χ1v) is 6.59. The van der Waals surface area contributed by atoms with E-state index >= 15 is 0 Å². The number of ether oxygens (including phenoxy) is 1. The predicted molar refractivity (Wildman–Crippen MR) is 69.0 cm³/mol. The second-order valence-electron chi connectivity index (χ2n) is 3.92. The van der Waals surface area contributed by atoms with Crippen LogP contribution in [0.15, 0.2) is 24.3 Å². The Bertz CT molecular complexity index is 281. The molecule has 0 heterocycles. The van der Waals surface area contributed by atoms with Crippen LogP contribution in [0, 0.1) is 5.92 Å². The van der Waals surface area contributed by atoms with Gasteiger partial charge in [-0.15, -0.1) is 0 Å². The lowest BCUT2D eigenvalue weighted by Crippen LogP contribution is -2.07. The Kier molecular flexibility index (Phi) is 5.16. The molecule has 2 atom stereocenters. The third-order valence-corrected chi connectivity index (χ3v) is 3.84. The van der Waals surface area contributed by atoms with Crippen LogP contribution >= 0.6 is 15.9 Å². The molecule has 1 aromatic rings. The lowest BCUT2D eigenvalue weighted by molar-refractivity contribution is 0.340. The number of hydrogen-bond acceptors (Lipinski definition) is 1. The van der Waals surface area contributed by atoms with E-state index in [1.807, 2.05) is 6.92 Å². The van der Waals surface area contributed by atoms with Crippen LogP contribution < -0.4 is 4.74 Å². The molecule has 0 radical (unpaired) electrons. The summed E-state index contributed by atoms with van der Waals surface area (Å²) in [7, 11) is 0. The van der Waals surface area contributed by atoms with Gasteiger partial charge in [0.05, 0.1) is 6.61 Å². The minimum atomic E-state index is 0.583. The molecule has 0 fully saturated rings. The first-order chi connectivity index (χ1) is 7.19. The number of alkyl halides is 1. The molecule has 84 valence electrons. The van der Waals surface area contributed by atoms with Crippen molar-refractivity contribution in [2.75, 3.05) is 11.9 Å². The van der Waals surface area contributed by atoms with Crippen LogP contribution in [0.25, 0.3) is 0 Å². The first kappa shape index (κ1) is 12.6. The van der Waals surface area contributed by atoms with Gasteiger partial charge >= 0.3 is 0 Å². The topological polar surface area (TPSA) is 9.23 Å². The van der Waals surface area contributed by atoms with Crippen LogP contribution in [0.4, 0.5) is 0 Å². The highest BCUT2D eigenvalue weighted by Gasteiger charge is 2.12. The van der Waals surface area contributed by atoms with E-state index in [-0.39, 0.29) is 0 Å². The third kappa shape index (κ3) is 3.53. The monoisotopic (exact) mass is 270 g/mol. The summed E-state index contributed by atoms with van der Waals surface area (Å²) in [5, 5.41) is 1.04. The zero-order valence-electron chi connectivity index (χ0n) is 9.66. The van der Waals surface area contributed by atoms with Crippen molar-refractivity contribution in [1.82, 2.24) is 0 Å². The Morgan fingerprint density at radius 3 is 2.27 bits per heavy atom. The predicted octanol–water partition coefficient (Wildman–Crippen LogP) is 4.22. The Labute approximate surface area is 101 Å². The molecule has 0 aliphatic heterocycles. The van der Waals surface area contributed by atoms with E-state index in [4.69, 9.17) is 4.74 Å². The Hall–Kier alpha value is -0.500. The van der Waals surface area contributed by atoms with Gasteiger partial charge in [0.1, 0.15) is 5.75 Å². The molecule has 15 heavy (non-hydrogen) atoms. The van der Waals surface area contributed by atoms with Crippen LogP contribution in [-0.2, 0) is 0 Å². The Balaban J connectivity index is 2.70. The molecule has 0 aromatic heterocycles. The van der Waals surface area contributed by atoms with Gasteiger partial charge in [-0.05, 0) is 36.5 Å². The van der Waals surface area contributed by atoms with Crippen molar-refractivity contribution in [3.63, 3.8) is 0 Å². The third-order valence-electron chi connectivity index (χ3n) is 2.81. The van der Waals surface area contributed by atoms with E-state index in [1.165, 1.54) is 5.56 Å². The van der Waals surface area contributed by atoms with Gasteiger partial charge in [-0.25, -0.2) is 0 Å². The van der Waals surface area contributed by atoms with E-state index < -0.39 is 0 Å². The Morgan fingerprint density at radius 1 is 1.20 bits per heavy atom. The largest absolute Gasteiger partial charge is 0.494 e. The molecule has 1 nitrogen and oxygen atoms in total. The van der Waals surface area contributed by atoms with Crippen molar-refractivity contribution < 1.29 is 4.74 Å². The number of rotatable bonds is 5. The average molecular weight is 271 g/mol. The minimum absolute atomic E-state index is 0.583. The maximum Gasteiger partial charge on any atom is 0.119 e. The SMILES string of the molecule is CCOc1ccc(C(C)C(C)CBr)cc1. The number of benzene rings is 1. The van der Waals surface area contributed by atoms with Gasteiger partial charge in [-0.1, -0.05) is 41.9 Å². The standard InChI is InChI=1S/C13H19BrO/c1-4-15-13-7-5-12(6-8-13)11(3)10(2)9-14/h5-8,10-11H,4,9H2,1-3H3. The zero-order valence-corrected chi connectivity index (χ0v) is 11.3. The summed E-state index contributed by atoms with van der Waals surface area (Å²) in [4.78, 5) is 0. The van der Waals surface area contributed by atoms with Crippen LogP contribution in [0.2, 0.25) is 0 Å². The molecule has 2 unspecified atom stereocenters. The molecular formula is C13H19BrO. The quantitative estimate of drug-likeness (QED) is 0.728. The fraction of sp³-hybridized carbons (Fsp3) is 0.538. The maximum atomic E-state index is 5.42. The number of halogens is 1. The summed E-state index contributed by atoms with van der Waals surface area (Å²) in [5.74, 6) is 2.20. The normalized spacial score (nSPS) is 14.7. The van der Waals surface area contributed by atoms with Crippen molar-refractivity contribution in [2.24, 2.45) is 5.92 Å². The second-order valence-corrected chi connectivity index (χ2v) is 4.57. The average Bonchev–Trinajstić information content (AvgIpc) is 2.28. The molecule has 0 saturated heterocycles. The smallest absolute Gasteiger partial charge is 0.119 e. The number of hydrogen-bond donors (Lipinski definition) is 0. The van der Waals surface area contributed by atoms with E-state index in [0.29, 0.717) is 11.8 Å². The summed E-state index contributed by atoms with van der Waals surface area (Å²) >= 11 is 3.53. The van der Waals surface area contributed by atoms with Crippen molar-refractivity contribution in [2.45, 2.75) is 26.7 Å². The molecule has 0 amide bonds.